The Kier molecular flexibility index (Phi) is 4.36. The molecule has 0 aliphatic heterocycles. The Balaban J connectivity index is 2.80. The summed E-state index contributed by atoms with van der Waals surface area (Å²) >= 11 is 0. The van der Waals surface area contributed by atoms with Crippen LogP contribution in [0.15, 0.2) is 24.3 Å². The van der Waals surface area contributed by atoms with Crippen LogP contribution >= 0.6 is 0 Å². The van der Waals surface area contributed by atoms with Crippen molar-refractivity contribution < 1.29 is 17.9 Å². The fourth-order valence-corrected chi connectivity index (χ4v) is 1.54. The van der Waals surface area contributed by atoms with E-state index in [0.717, 1.165) is 5.56 Å². The van der Waals surface area contributed by atoms with E-state index in [9.17, 15) is 13.2 Å². The minimum atomic E-state index is -4.66. The molecule has 0 aliphatic rings. The molecular formula is C11H15F3N2O. The zero-order valence-corrected chi connectivity index (χ0v) is 9.66. The number of benzene rings is 1. The average Bonchev–Trinajstić information content (AvgIpc) is 2.18. The van der Waals surface area contributed by atoms with Crippen molar-refractivity contribution in [2.75, 3.05) is 20.6 Å². The smallest absolute Gasteiger partial charge is 0.406 e. The minimum absolute atomic E-state index is 0.0186. The first-order valence-corrected chi connectivity index (χ1v) is 5.05. The number of hydrogen-bond donors (Lipinski definition) is 1. The van der Waals surface area contributed by atoms with Crippen molar-refractivity contribution >= 4 is 0 Å². The quantitative estimate of drug-likeness (QED) is 0.887. The maximum absolute atomic E-state index is 11.9. The summed E-state index contributed by atoms with van der Waals surface area (Å²) in [6.45, 7) is 0.395. The van der Waals surface area contributed by atoms with Crippen LogP contribution in [0.3, 0.4) is 0 Å². The van der Waals surface area contributed by atoms with Gasteiger partial charge in [0.2, 0.25) is 0 Å². The summed E-state index contributed by atoms with van der Waals surface area (Å²) in [7, 11) is 3.72. The molecule has 1 rings (SSSR count). The molecule has 0 bridgehead atoms. The van der Waals surface area contributed by atoms with Crippen LogP contribution in [0.2, 0.25) is 0 Å². The Morgan fingerprint density at radius 2 is 1.76 bits per heavy atom. The predicted molar refractivity (Wildman–Crippen MR) is 58.6 cm³/mol. The summed E-state index contributed by atoms with van der Waals surface area (Å²) in [5, 5.41) is 0. The molecule has 0 radical (unpaired) electrons. The molecule has 2 N–H and O–H groups in total. The number of halogens is 3. The first-order valence-electron chi connectivity index (χ1n) is 5.05. The van der Waals surface area contributed by atoms with E-state index in [0.29, 0.717) is 6.54 Å². The van der Waals surface area contributed by atoms with Crippen LogP contribution in [0.4, 0.5) is 13.2 Å². The zero-order chi connectivity index (χ0) is 13.1. The SMILES string of the molecule is CN(C)[C@H](CN)c1ccc(OC(F)(F)F)cc1. The Morgan fingerprint density at radius 1 is 1.24 bits per heavy atom. The van der Waals surface area contributed by atoms with Gasteiger partial charge >= 0.3 is 6.36 Å². The molecule has 0 aromatic heterocycles. The zero-order valence-electron chi connectivity index (χ0n) is 9.66. The van der Waals surface area contributed by atoms with Crippen LogP contribution in [0, 0.1) is 0 Å². The van der Waals surface area contributed by atoms with Gasteiger partial charge in [-0.25, -0.2) is 0 Å². The molecule has 0 aliphatic carbocycles. The van der Waals surface area contributed by atoms with Gasteiger partial charge in [-0.1, -0.05) is 12.1 Å². The highest BCUT2D eigenvalue weighted by molar-refractivity contribution is 5.29. The highest BCUT2D eigenvalue weighted by atomic mass is 19.4. The summed E-state index contributed by atoms with van der Waals surface area (Å²) < 4.78 is 39.6. The predicted octanol–water partition coefficient (Wildman–Crippen LogP) is 2.15. The second kappa shape index (κ2) is 5.37. The number of likely N-dealkylation sites (N-methyl/N-ethyl adjacent to an activating group) is 1. The van der Waals surface area contributed by atoms with Crippen molar-refractivity contribution in [1.82, 2.24) is 4.90 Å². The lowest BCUT2D eigenvalue weighted by Crippen LogP contribution is -2.27. The third-order valence-corrected chi connectivity index (χ3v) is 2.35. The Morgan fingerprint density at radius 3 is 2.12 bits per heavy atom. The molecule has 0 amide bonds. The van der Waals surface area contributed by atoms with Crippen molar-refractivity contribution in [2.45, 2.75) is 12.4 Å². The van der Waals surface area contributed by atoms with E-state index in [1.807, 2.05) is 19.0 Å². The first-order chi connectivity index (χ1) is 7.83. The van der Waals surface area contributed by atoms with Gasteiger partial charge in [0.05, 0.1) is 0 Å². The van der Waals surface area contributed by atoms with E-state index in [4.69, 9.17) is 5.73 Å². The molecule has 0 unspecified atom stereocenters. The largest absolute Gasteiger partial charge is 0.573 e. The van der Waals surface area contributed by atoms with Gasteiger partial charge in [0.1, 0.15) is 5.75 Å². The average molecular weight is 248 g/mol. The number of ether oxygens (including phenoxy) is 1. The van der Waals surface area contributed by atoms with Gasteiger partial charge < -0.3 is 15.4 Å². The second-order valence-electron chi connectivity index (χ2n) is 3.83. The molecule has 17 heavy (non-hydrogen) atoms. The van der Waals surface area contributed by atoms with Gasteiger partial charge in [0.15, 0.2) is 0 Å². The van der Waals surface area contributed by atoms with Crippen LogP contribution < -0.4 is 10.5 Å². The lowest BCUT2D eigenvalue weighted by atomic mass is 10.1. The van der Waals surface area contributed by atoms with Gasteiger partial charge in [-0.3, -0.25) is 0 Å². The van der Waals surface area contributed by atoms with E-state index in [1.165, 1.54) is 12.1 Å². The molecule has 0 saturated heterocycles. The molecule has 0 fully saturated rings. The topological polar surface area (TPSA) is 38.5 Å². The lowest BCUT2D eigenvalue weighted by Gasteiger charge is -2.23. The van der Waals surface area contributed by atoms with E-state index in [-0.39, 0.29) is 11.8 Å². The third kappa shape index (κ3) is 4.24. The van der Waals surface area contributed by atoms with Crippen LogP contribution in [-0.4, -0.2) is 31.9 Å². The number of nitrogens with zero attached hydrogens (tertiary/aromatic N) is 1. The molecule has 0 saturated carbocycles. The van der Waals surface area contributed by atoms with E-state index in [2.05, 4.69) is 4.74 Å². The number of hydrogen-bond acceptors (Lipinski definition) is 3. The fourth-order valence-electron chi connectivity index (χ4n) is 1.54. The monoisotopic (exact) mass is 248 g/mol. The van der Waals surface area contributed by atoms with Crippen molar-refractivity contribution in [2.24, 2.45) is 5.73 Å². The molecule has 0 spiro atoms. The molecule has 6 heteroatoms. The van der Waals surface area contributed by atoms with Crippen LogP contribution in [0.5, 0.6) is 5.75 Å². The summed E-state index contributed by atoms with van der Waals surface area (Å²) in [4.78, 5) is 1.90. The molecule has 96 valence electrons. The highest BCUT2D eigenvalue weighted by Gasteiger charge is 2.31. The normalized spacial score (nSPS) is 13.8. The summed E-state index contributed by atoms with van der Waals surface area (Å²) in [6, 6.07) is 5.72. The number of nitrogens with two attached hydrogens (primary N) is 1. The lowest BCUT2D eigenvalue weighted by molar-refractivity contribution is -0.274. The second-order valence-corrected chi connectivity index (χ2v) is 3.83. The van der Waals surface area contributed by atoms with E-state index < -0.39 is 6.36 Å². The van der Waals surface area contributed by atoms with E-state index >= 15 is 0 Å². The molecule has 1 aromatic rings. The van der Waals surface area contributed by atoms with Crippen molar-refractivity contribution in [3.05, 3.63) is 29.8 Å². The van der Waals surface area contributed by atoms with Gasteiger partial charge in [-0.15, -0.1) is 13.2 Å². The highest BCUT2D eigenvalue weighted by Crippen LogP contribution is 2.25. The Bertz CT molecular complexity index is 349. The minimum Gasteiger partial charge on any atom is -0.406 e. The molecule has 1 atom stereocenters. The van der Waals surface area contributed by atoms with Gasteiger partial charge in [-0.2, -0.15) is 0 Å². The van der Waals surface area contributed by atoms with Crippen molar-refractivity contribution in [1.29, 1.82) is 0 Å². The van der Waals surface area contributed by atoms with Gasteiger partial charge in [-0.05, 0) is 31.8 Å². The molecule has 1 aromatic carbocycles. The summed E-state index contributed by atoms with van der Waals surface area (Å²) in [6.07, 6.45) is -4.66. The third-order valence-electron chi connectivity index (χ3n) is 2.35. The van der Waals surface area contributed by atoms with Gasteiger partial charge in [0, 0.05) is 12.6 Å². The summed E-state index contributed by atoms with van der Waals surface area (Å²) in [5.41, 5.74) is 6.45. The standard InChI is InChI=1S/C11H15F3N2O/c1-16(2)10(7-15)8-3-5-9(6-4-8)17-11(12,13)14/h3-6,10H,7,15H2,1-2H3/t10-/m1/s1. The number of rotatable bonds is 4. The first kappa shape index (κ1) is 13.8. The summed E-state index contributed by atoms with van der Waals surface area (Å²) in [5.74, 6) is -0.226. The van der Waals surface area contributed by atoms with Crippen molar-refractivity contribution in [3.8, 4) is 5.75 Å². The number of alkyl halides is 3. The van der Waals surface area contributed by atoms with E-state index in [1.54, 1.807) is 12.1 Å². The fraction of sp³-hybridized carbons (Fsp3) is 0.455. The maximum atomic E-state index is 11.9. The molecule has 0 heterocycles. The van der Waals surface area contributed by atoms with Crippen LogP contribution in [-0.2, 0) is 0 Å². The van der Waals surface area contributed by atoms with Crippen LogP contribution in [0.1, 0.15) is 11.6 Å². The maximum Gasteiger partial charge on any atom is 0.573 e. The van der Waals surface area contributed by atoms with Gasteiger partial charge in [0.25, 0.3) is 0 Å². The Labute approximate surface area is 98.0 Å². The Hall–Kier alpha value is -1.27. The molecule has 3 nitrogen and oxygen atoms in total. The molecular weight excluding hydrogens is 233 g/mol. The van der Waals surface area contributed by atoms with Crippen molar-refractivity contribution in [3.63, 3.8) is 0 Å². The van der Waals surface area contributed by atoms with Crippen LogP contribution in [0.25, 0.3) is 0 Å².